The molecule has 0 bridgehead atoms. The number of hydrogen-bond acceptors (Lipinski definition) is 4. The van der Waals surface area contributed by atoms with Gasteiger partial charge in [0.1, 0.15) is 5.75 Å². The Morgan fingerprint density at radius 1 is 1.53 bits per heavy atom. The fraction of sp³-hybridized carbons (Fsp3) is 0.533. The zero-order valence-electron chi connectivity index (χ0n) is 11.6. The van der Waals surface area contributed by atoms with Crippen LogP contribution in [0.5, 0.6) is 5.75 Å². The molecule has 1 fully saturated rings. The summed E-state index contributed by atoms with van der Waals surface area (Å²) < 4.78 is 5.43. The minimum atomic E-state index is -0.0884. The van der Waals surface area contributed by atoms with Crippen LogP contribution in [0.15, 0.2) is 18.2 Å². The Hall–Kier alpha value is -1.73. The highest BCUT2D eigenvalue weighted by molar-refractivity contribution is 5.62. The van der Waals surface area contributed by atoms with Gasteiger partial charge < -0.3 is 15.4 Å². The van der Waals surface area contributed by atoms with E-state index in [2.05, 4.69) is 17.0 Å². The second-order valence-electron chi connectivity index (χ2n) is 5.01. The minimum absolute atomic E-state index is 0.0884. The van der Waals surface area contributed by atoms with Crippen molar-refractivity contribution in [2.75, 3.05) is 18.6 Å². The summed E-state index contributed by atoms with van der Waals surface area (Å²) in [6.45, 7) is 2.73. The zero-order chi connectivity index (χ0) is 13.8. The molecule has 19 heavy (non-hydrogen) atoms. The maximum Gasteiger partial charge on any atom is 0.125 e. The number of nitrogens with two attached hydrogens (primary N) is 1. The first-order chi connectivity index (χ1) is 9.19. The van der Waals surface area contributed by atoms with Crippen LogP contribution in [0.3, 0.4) is 0 Å². The third kappa shape index (κ3) is 2.99. The van der Waals surface area contributed by atoms with Crippen LogP contribution in [-0.4, -0.2) is 19.7 Å². The predicted octanol–water partition coefficient (Wildman–Crippen LogP) is 2.60. The highest BCUT2D eigenvalue weighted by atomic mass is 16.5. The fourth-order valence-corrected chi connectivity index (χ4v) is 2.47. The van der Waals surface area contributed by atoms with Crippen LogP contribution >= 0.6 is 0 Å². The average molecular weight is 259 g/mol. The molecule has 1 aliphatic carbocycles. The van der Waals surface area contributed by atoms with E-state index in [4.69, 9.17) is 15.7 Å². The van der Waals surface area contributed by atoms with Crippen LogP contribution in [0.25, 0.3) is 0 Å². The Balaban J connectivity index is 2.38. The summed E-state index contributed by atoms with van der Waals surface area (Å²) in [6, 6.07) is 8.70. The summed E-state index contributed by atoms with van der Waals surface area (Å²) in [4.78, 5) is 2.31. The summed E-state index contributed by atoms with van der Waals surface area (Å²) in [6.07, 6.45) is 2.92. The van der Waals surface area contributed by atoms with E-state index in [-0.39, 0.29) is 6.04 Å². The largest absolute Gasteiger partial charge is 0.496 e. The van der Waals surface area contributed by atoms with Crippen molar-refractivity contribution in [2.45, 2.75) is 38.3 Å². The van der Waals surface area contributed by atoms with Gasteiger partial charge in [-0.1, -0.05) is 6.07 Å². The summed E-state index contributed by atoms with van der Waals surface area (Å²) in [5.74, 6) is 0.829. The molecule has 0 radical (unpaired) electrons. The Morgan fingerprint density at radius 2 is 2.26 bits per heavy atom. The predicted molar refractivity (Wildman–Crippen MR) is 76.2 cm³/mol. The Kier molecular flexibility index (Phi) is 4.28. The molecular formula is C15H21N3O. The molecular weight excluding hydrogens is 238 g/mol. The monoisotopic (exact) mass is 259 g/mol. The molecule has 0 aromatic heterocycles. The number of nitrogens with zero attached hydrogens (tertiary/aromatic N) is 2. The Labute approximate surface area is 114 Å². The lowest BCUT2D eigenvalue weighted by atomic mass is 10.0. The number of rotatable bonds is 6. The number of methoxy groups -OCH3 is 1. The highest BCUT2D eigenvalue weighted by Gasteiger charge is 2.31. The molecule has 102 valence electrons. The Morgan fingerprint density at radius 3 is 2.79 bits per heavy atom. The number of nitriles is 1. The first kappa shape index (κ1) is 13.7. The van der Waals surface area contributed by atoms with Gasteiger partial charge in [-0.15, -0.1) is 0 Å². The topological polar surface area (TPSA) is 62.3 Å². The SMILES string of the molecule is COc1cccc(N(CCC#N)C2CC2)c1[C@@H](C)N. The lowest BCUT2D eigenvalue weighted by Crippen LogP contribution is -2.28. The highest BCUT2D eigenvalue weighted by Crippen LogP contribution is 2.39. The maximum atomic E-state index is 8.82. The summed E-state index contributed by atoms with van der Waals surface area (Å²) in [5, 5.41) is 8.82. The molecule has 1 atom stereocenters. The van der Waals surface area contributed by atoms with Gasteiger partial charge in [0.25, 0.3) is 0 Å². The fourth-order valence-electron chi connectivity index (χ4n) is 2.47. The molecule has 4 nitrogen and oxygen atoms in total. The van der Waals surface area contributed by atoms with Crippen molar-refractivity contribution in [1.82, 2.24) is 0 Å². The van der Waals surface area contributed by atoms with E-state index >= 15 is 0 Å². The second-order valence-corrected chi connectivity index (χ2v) is 5.01. The quantitative estimate of drug-likeness (QED) is 0.853. The van der Waals surface area contributed by atoms with Gasteiger partial charge in [0.05, 0.1) is 19.6 Å². The van der Waals surface area contributed by atoms with Gasteiger partial charge in [-0.05, 0) is 31.9 Å². The number of anilines is 1. The Bertz CT molecular complexity index is 475. The van der Waals surface area contributed by atoms with Gasteiger partial charge in [-0.3, -0.25) is 0 Å². The van der Waals surface area contributed by atoms with Crippen molar-refractivity contribution in [3.8, 4) is 11.8 Å². The van der Waals surface area contributed by atoms with E-state index in [1.165, 1.54) is 12.8 Å². The van der Waals surface area contributed by atoms with E-state index in [1.54, 1.807) is 7.11 Å². The molecule has 0 saturated heterocycles. The normalized spacial score (nSPS) is 15.7. The van der Waals surface area contributed by atoms with Crippen LogP contribution in [0.2, 0.25) is 0 Å². The number of ether oxygens (including phenoxy) is 1. The molecule has 0 unspecified atom stereocenters. The molecule has 1 aromatic rings. The zero-order valence-corrected chi connectivity index (χ0v) is 11.6. The van der Waals surface area contributed by atoms with Gasteiger partial charge in [-0.2, -0.15) is 5.26 Å². The van der Waals surface area contributed by atoms with E-state index < -0.39 is 0 Å². The average Bonchev–Trinajstić information content (AvgIpc) is 3.23. The van der Waals surface area contributed by atoms with Gasteiger partial charge in [0.2, 0.25) is 0 Å². The molecule has 2 rings (SSSR count). The second kappa shape index (κ2) is 5.94. The molecule has 0 spiro atoms. The lowest BCUT2D eigenvalue weighted by Gasteiger charge is -2.28. The number of hydrogen-bond donors (Lipinski definition) is 1. The van der Waals surface area contributed by atoms with Crippen molar-refractivity contribution in [3.05, 3.63) is 23.8 Å². The smallest absolute Gasteiger partial charge is 0.125 e. The molecule has 0 amide bonds. The molecule has 4 heteroatoms. The van der Waals surface area contributed by atoms with Crippen molar-refractivity contribution >= 4 is 5.69 Å². The molecule has 0 aliphatic heterocycles. The van der Waals surface area contributed by atoms with Crippen molar-refractivity contribution in [3.63, 3.8) is 0 Å². The van der Waals surface area contributed by atoms with E-state index in [1.807, 2.05) is 19.1 Å². The maximum absolute atomic E-state index is 8.82. The van der Waals surface area contributed by atoms with Gasteiger partial charge in [0.15, 0.2) is 0 Å². The van der Waals surface area contributed by atoms with Crippen LogP contribution in [0, 0.1) is 11.3 Å². The van der Waals surface area contributed by atoms with Gasteiger partial charge in [0, 0.05) is 29.9 Å². The van der Waals surface area contributed by atoms with Crippen LogP contribution in [0.4, 0.5) is 5.69 Å². The van der Waals surface area contributed by atoms with Crippen molar-refractivity contribution in [1.29, 1.82) is 5.26 Å². The van der Waals surface area contributed by atoms with E-state index in [0.29, 0.717) is 12.5 Å². The summed E-state index contributed by atoms with van der Waals surface area (Å²) in [5.41, 5.74) is 8.26. The van der Waals surface area contributed by atoms with E-state index in [0.717, 1.165) is 23.5 Å². The summed E-state index contributed by atoms with van der Waals surface area (Å²) in [7, 11) is 1.67. The first-order valence-electron chi connectivity index (χ1n) is 6.75. The van der Waals surface area contributed by atoms with Crippen LogP contribution in [0.1, 0.15) is 37.8 Å². The molecule has 2 N–H and O–H groups in total. The molecule has 1 aliphatic rings. The summed E-state index contributed by atoms with van der Waals surface area (Å²) >= 11 is 0. The first-order valence-corrected chi connectivity index (χ1v) is 6.75. The third-order valence-electron chi connectivity index (χ3n) is 3.48. The molecule has 1 saturated carbocycles. The van der Waals surface area contributed by atoms with Crippen molar-refractivity contribution in [2.24, 2.45) is 5.73 Å². The molecule has 0 heterocycles. The van der Waals surface area contributed by atoms with Crippen LogP contribution < -0.4 is 15.4 Å². The van der Waals surface area contributed by atoms with Crippen molar-refractivity contribution < 1.29 is 4.74 Å². The number of benzene rings is 1. The van der Waals surface area contributed by atoms with E-state index in [9.17, 15) is 0 Å². The molecule has 1 aromatic carbocycles. The standard InChI is InChI=1S/C15H21N3O/c1-11(17)15-13(5-3-6-14(15)19-2)18(10-4-9-16)12-7-8-12/h3,5-6,11-12H,4,7-8,10,17H2,1-2H3/t11-/m1/s1. The lowest BCUT2D eigenvalue weighted by molar-refractivity contribution is 0.407. The van der Waals surface area contributed by atoms with Gasteiger partial charge >= 0.3 is 0 Å². The van der Waals surface area contributed by atoms with Crippen LogP contribution in [-0.2, 0) is 0 Å². The third-order valence-corrected chi connectivity index (χ3v) is 3.48. The minimum Gasteiger partial charge on any atom is -0.496 e. The van der Waals surface area contributed by atoms with Gasteiger partial charge in [-0.25, -0.2) is 0 Å².